The Balaban J connectivity index is 1.97. The van der Waals surface area contributed by atoms with E-state index in [0.29, 0.717) is 29.2 Å². The fourth-order valence-electron chi connectivity index (χ4n) is 2.69. The summed E-state index contributed by atoms with van der Waals surface area (Å²) in [6.45, 7) is 5.78. The molecule has 0 spiro atoms. The largest absolute Gasteiger partial charge is 0.497 e. The summed E-state index contributed by atoms with van der Waals surface area (Å²) in [4.78, 5) is 26.6. The number of likely N-dealkylation sites (N-methyl/N-ethyl adjacent to an activating group) is 1. The van der Waals surface area contributed by atoms with Crippen molar-refractivity contribution in [2.75, 3.05) is 30.8 Å². The first-order valence-electron chi connectivity index (χ1n) is 9.09. The molecule has 6 nitrogen and oxygen atoms in total. The number of anilines is 2. The molecular formula is C21H26FN3O3. The summed E-state index contributed by atoms with van der Waals surface area (Å²) in [6, 6.07) is 11.0. The van der Waals surface area contributed by atoms with E-state index in [9.17, 15) is 14.0 Å². The zero-order chi connectivity index (χ0) is 20.7. The lowest BCUT2D eigenvalue weighted by molar-refractivity contribution is -0.123. The second kappa shape index (κ2) is 9.85. The van der Waals surface area contributed by atoms with Gasteiger partial charge in [-0.2, -0.15) is 0 Å². The van der Waals surface area contributed by atoms with Crippen LogP contribution in [0.2, 0.25) is 0 Å². The number of methoxy groups -OCH3 is 1. The van der Waals surface area contributed by atoms with E-state index in [1.807, 2.05) is 6.92 Å². The summed E-state index contributed by atoms with van der Waals surface area (Å²) in [5.74, 6) is -0.283. The van der Waals surface area contributed by atoms with Crippen molar-refractivity contribution in [2.24, 2.45) is 0 Å². The second-order valence-electron chi connectivity index (χ2n) is 6.47. The summed E-state index contributed by atoms with van der Waals surface area (Å²) in [6.07, 6.45) is 0. The summed E-state index contributed by atoms with van der Waals surface area (Å²) in [5, 5.41) is 5.49. The molecule has 28 heavy (non-hydrogen) atoms. The van der Waals surface area contributed by atoms with E-state index in [0.717, 1.165) is 0 Å². The summed E-state index contributed by atoms with van der Waals surface area (Å²) >= 11 is 0. The lowest BCUT2D eigenvalue weighted by Gasteiger charge is -2.26. The van der Waals surface area contributed by atoms with E-state index in [4.69, 9.17) is 4.74 Å². The van der Waals surface area contributed by atoms with E-state index < -0.39 is 6.04 Å². The van der Waals surface area contributed by atoms with Gasteiger partial charge in [0.15, 0.2) is 0 Å². The van der Waals surface area contributed by atoms with Gasteiger partial charge in [-0.3, -0.25) is 14.5 Å². The van der Waals surface area contributed by atoms with Crippen molar-refractivity contribution in [1.29, 1.82) is 0 Å². The van der Waals surface area contributed by atoms with E-state index in [2.05, 4.69) is 10.6 Å². The van der Waals surface area contributed by atoms with Crippen molar-refractivity contribution in [3.05, 3.63) is 53.8 Å². The third kappa shape index (κ3) is 5.79. The smallest absolute Gasteiger partial charge is 0.241 e. The SMILES string of the molecule is CCN(CC(=O)Nc1cccc(OC)c1)C(C)C(=O)Nc1ccc(C)c(F)c1. The van der Waals surface area contributed by atoms with Gasteiger partial charge in [0.1, 0.15) is 11.6 Å². The number of nitrogens with zero attached hydrogens (tertiary/aromatic N) is 1. The number of hydrogen-bond acceptors (Lipinski definition) is 4. The molecule has 0 saturated carbocycles. The molecule has 150 valence electrons. The van der Waals surface area contributed by atoms with E-state index in [1.165, 1.54) is 6.07 Å². The Hall–Kier alpha value is -2.93. The number of benzene rings is 2. The number of hydrogen-bond donors (Lipinski definition) is 2. The van der Waals surface area contributed by atoms with Crippen LogP contribution >= 0.6 is 0 Å². The van der Waals surface area contributed by atoms with Crippen LogP contribution in [-0.4, -0.2) is 43.0 Å². The van der Waals surface area contributed by atoms with Gasteiger partial charge in [0, 0.05) is 17.4 Å². The van der Waals surface area contributed by atoms with E-state index >= 15 is 0 Å². The predicted octanol–water partition coefficient (Wildman–Crippen LogP) is 3.43. The topological polar surface area (TPSA) is 70.7 Å². The monoisotopic (exact) mass is 387 g/mol. The minimum Gasteiger partial charge on any atom is -0.497 e. The van der Waals surface area contributed by atoms with Gasteiger partial charge in [-0.05, 0) is 50.2 Å². The Morgan fingerprint density at radius 2 is 1.86 bits per heavy atom. The minimum atomic E-state index is -0.564. The molecular weight excluding hydrogens is 361 g/mol. The highest BCUT2D eigenvalue weighted by Gasteiger charge is 2.22. The van der Waals surface area contributed by atoms with E-state index in [1.54, 1.807) is 62.3 Å². The van der Waals surface area contributed by atoms with E-state index in [-0.39, 0.29) is 24.2 Å². The molecule has 2 amide bonds. The van der Waals surface area contributed by atoms with Gasteiger partial charge in [-0.15, -0.1) is 0 Å². The first-order chi connectivity index (χ1) is 13.3. The first kappa shape index (κ1) is 21.4. The predicted molar refractivity (Wildman–Crippen MR) is 108 cm³/mol. The molecule has 0 aliphatic carbocycles. The minimum absolute atomic E-state index is 0.0462. The van der Waals surface area contributed by atoms with Crippen molar-refractivity contribution >= 4 is 23.2 Å². The van der Waals surface area contributed by atoms with Crippen LogP contribution in [-0.2, 0) is 9.59 Å². The quantitative estimate of drug-likeness (QED) is 0.728. The lowest BCUT2D eigenvalue weighted by Crippen LogP contribution is -2.45. The molecule has 0 bridgehead atoms. The molecule has 1 atom stereocenters. The number of carbonyl (C=O) groups is 2. The average Bonchev–Trinajstić information content (AvgIpc) is 2.68. The van der Waals surface area contributed by atoms with Gasteiger partial charge in [0.25, 0.3) is 0 Å². The zero-order valence-corrected chi connectivity index (χ0v) is 16.6. The molecule has 0 aliphatic rings. The molecule has 0 radical (unpaired) electrons. The number of aryl methyl sites for hydroxylation is 1. The van der Waals surface area contributed by atoms with Gasteiger partial charge in [0.05, 0.1) is 19.7 Å². The van der Waals surface area contributed by atoms with Gasteiger partial charge in [-0.25, -0.2) is 4.39 Å². The molecule has 0 saturated heterocycles. The van der Waals surface area contributed by atoms with Crippen molar-refractivity contribution in [3.63, 3.8) is 0 Å². The molecule has 0 aromatic heterocycles. The average molecular weight is 387 g/mol. The molecule has 2 rings (SSSR count). The fraction of sp³-hybridized carbons (Fsp3) is 0.333. The normalized spacial score (nSPS) is 11.8. The maximum absolute atomic E-state index is 13.7. The van der Waals surface area contributed by atoms with Crippen LogP contribution in [0.3, 0.4) is 0 Å². The van der Waals surface area contributed by atoms with Crippen LogP contribution in [0.4, 0.5) is 15.8 Å². The van der Waals surface area contributed by atoms with Gasteiger partial charge in [-0.1, -0.05) is 19.1 Å². The van der Waals surface area contributed by atoms with Gasteiger partial charge >= 0.3 is 0 Å². The Morgan fingerprint density at radius 1 is 1.14 bits per heavy atom. The molecule has 1 unspecified atom stereocenters. The van der Waals surface area contributed by atoms with Crippen LogP contribution in [0.1, 0.15) is 19.4 Å². The van der Waals surface area contributed by atoms with Crippen molar-refractivity contribution in [2.45, 2.75) is 26.8 Å². The Bertz CT molecular complexity index is 841. The number of nitrogens with one attached hydrogen (secondary N) is 2. The van der Waals surface area contributed by atoms with Gasteiger partial charge in [0.2, 0.25) is 11.8 Å². The highest BCUT2D eigenvalue weighted by atomic mass is 19.1. The second-order valence-corrected chi connectivity index (χ2v) is 6.47. The third-order valence-corrected chi connectivity index (χ3v) is 4.47. The Labute approximate surface area is 164 Å². The lowest BCUT2D eigenvalue weighted by atomic mass is 10.2. The first-order valence-corrected chi connectivity index (χ1v) is 9.09. The summed E-state index contributed by atoms with van der Waals surface area (Å²) in [7, 11) is 1.56. The molecule has 2 aromatic carbocycles. The summed E-state index contributed by atoms with van der Waals surface area (Å²) in [5.41, 5.74) is 1.51. The molecule has 0 fully saturated rings. The highest BCUT2D eigenvalue weighted by molar-refractivity contribution is 5.96. The van der Waals surface area contributed by atoms with Crippen LogP contribution < -0.4 is 15.4 Å². The summed E-state index contributed by atoms with van der Waals surface area (Å²) < 4.78 is 18.8. The maximum Gasteiger partial charge on any atom is 0.241 e. The Morgan fingerprint density at radius 3 is 2.50 bits per heavy atom. The standard InChI is InChI=1S/C21H26FN3O3/c1-5-25(13-20(26)23-16-7-6-8-18(11-16)28-4)15(3)21(27)24-17-10-9-14(2)19(22)12-17/h6-12,15H,5,13H2,1-4H3,(H,23,26)(H,24,27). The van der Waals surface area contributed by atoms with Crippen LogP contribution in [0.15, 0.2) is 42.5 Å². The molecule has 7 heteroatoms. The highest BCUT2D eigenvalue weighted by Crippen LogP contribution is 2.17. The third-order valence-electron chi connectivity index (χ3n) is 4.47. The molecule has 0 aliphatic heterocycles. The number of rotatable bonds is 8. The maximum atomic E-state index is 13.7. The zero-order valence-electron chi connectivity index (χ0n) is 16.6. The van der Waals surface area contributed by atoms with Crippen molar-refractivity contribution in [3.8, 4) is 5.75 Å². The Kier molecular flexibility index (Phi) is 7.52. The number of amides is 2. The molecule has 0 heterocycles. The van der Waals surface area contributed by atoms with Crippen LogP contribution in [0.25, 0.3) is 0 Å². The van der Waals surface area contributed by atoms with Gasteiger partial charge < -0.3 is 15.4 Å². The van der Waals surface area contributed by atoms with Crippen molar-refractivity contribution < 1.29 is 18.7 Å². The molecule has 2 N–H and O–H groups in total. The van der Waals surface area contributed by atoms with Crippen molar-refractivity contribution in [1.82, 2.24) is 4.90 Å². The van der Waals surface area contributed by atoms with Crippen LogP contribution in [0, 0.1) is 12.7 Å². The number of ether oxygens (including phenoxy) is 1. The van der Waals surface area contributed by atoms with Crippen LogP contribution in [0.5, 0.6) is 5.75 Å². The number of halogens is 1. The number of carbonyl (C=O) groups excluding carboxylic acids is 2. The fourth-order valence-corrected chi connectivity index (χ4v) is 2.69. The molecule has 2 aromatic rings.